The molecule has 0 saturated carbocycles. The Kier molecular flexibility index (Phi) is 4.16. The molecule has 0 aliphatic carbocycles. The second kappa shape index (κ2) is 5.88. The highest BCUT2D eigenvalue weighted by molar-refractivity contribution is 6.06. The molecule has 2 rings (SSSR count). The van der Waals surface area contributed by atoms with Crippen molar-refractivity contribution < 1.29 is 14.5 Å². The molecule has 1 heterocycles. The molecule has 0 atom stereocenters. The van der Waals surface area contributed by atoms with Crippen LogP contribution < -0.4 is 10.1 Å². The van der Waals surface area contributed by atoms with Crippen molar-refractivity contribution in [1.29, 1.82) is 0 Å². The number of non-ortho nitro benzene ring substituents is 1. The van der Waals surface area contributed by atoms with Gasteiger partial charge in [-0.05, 0) is 26.0 Å². The SMILES string of the molecule is COc1ccc([N+](=O)[O-])cc1NC(=O)c1cc(C)n(C)c1C. The molecule has 1 N–H and O–H groups in total. The minimum absolute atomic E-state index is 0.114. The molecule has 1 aromatic carbocycles. The fourth-order valence-corrected chi connectivity index (χ4v) is 2.18. The largest absolute Gasteiger partial charge is 0.495 e. The number of aromatic nitrogens is 1. The number of aryl methyl sites for hydroxylation is 1. The summed E-state index contributed by atoms with van der Waals surface area (Å²) in [7, 11) is 3.31. The van der Waals surface area contributed by atoms with E-state index in [2.05, 4.69) is 5.32 Å². The first-order valence-corrected chi connectivity index (χ1v) is 6.62. The molecule has 7 heteroatoms. The van der Waals surface area contributed by atoms with Crippen LogP contribution in [-0.4, -0.2) is 22.5 Å². The molecule has 0 aliphatic heterocycles. The molecule has 0 saturated heterocycles. The van der Waals surface area contributed by atoms with Crippen molar-refractivity contribution in [3.8, 4) is 5.75 Å². The van der Waals surface area contributed by atoms with Crippen molar-refractivity contribution in [3.63, 3.8) is 0 Å². The van der Waals surface area contributed by atoms with E-state index in [-0.39, 0.29) is 17.3 Å². The van der Waals surface area contributed by atoms with Gasteiger partial charge in [-0.15, -0.1) is 0 Å². The highest BCUT2D eigenvalue weighted by atomic mass is 16.6. The molecule has 2 aromatic rings. The highest BCUT2D eigenvalue weighted by Gasteiger charge is 2.18. The van der Waals surface area contributed by atoms with Crippen LogP contribution in [0.3, 0.4) is 0 Å². The topological polar surface area (TPSA) is 86.4 Å². The maximum Gasteiger partial charge on any atom is 0.271 e. The predicted octanol–water partition coefficient (Wildman–Crippen LogP) is 2.81. The van der Waals surface area contributed by atoms with Gasteiger partial charge in [0, 0.05) is 30.6 Å². The molecular formula is C15H17N3O4. The Morgan fingerprint density at radius 3 is 2.50 bits per heavy atom. The second-order valence-electron chi connectivity index (χ2n) is 4.94. The lowest BCUT2D eigenvalue weighted by molar-refractivity contribution is -0.384. The van der Waals surface area contributed by atoms with Crippen LogP contribution in [0.4, 0.5) is 11.4 Å². The zero-order valence-electron chi connectivity index (χ0n) is 12.8. The highest BCUT2D eigenvalue weighted by Crippen LogP contribution is 2.29. The number of benzene rings is 1. The molecule has 0 bridgehead atoms. The van der Waals surface area contributed by atoms with Crippen molar-refractivity contribution in [2.75, 3.05) is 12.4 Å². The average molecular weight is 303 g/mol. The summed E-state index contributed by atoms with van der Waals surface area (Å²) in [5.41, 5.74) is 2.45. The van der Waals surface area contributed by atoms with E-state index in [0.717, 1.165) is 11.4 Å². The van der Waals surface area contributed by atoms with Gasteiger partial charge in [0.05, 0.1) is 23.3 Å². The molecule has 1 aromatic heterocycles. The summed E-state index contributed by atoms with van der Waals surface area (Å²) in [6, 6.07) is 5.83. The maximum atomic E-state index is 12.4. The fraction of sp³-hybridized carbons (Fsp3) is 0.267. The summed E-state index contributed by atoms with van der Waals surface area (Å²) in [4.78, 5) is 22.7. The van der Waals surface area contributed by atoms with Gasteiger partial charge in [0.1, 0.15) is 5.75 Å². The van der Waals surface area contributed by atoms with E-state index in [1.807, 2.05) is 25.5 Å². The van der Waals surface area contributed by atoms with Crippen molar-refractivity contribution in [1.82, 2.24) is 4.57 Å². The van der Waals surface area contributed by atoms with Crippen LogP contribution in [0.5, 0.6) is 5.75 Å². The van der Waals surface area contributed by atoms with Crippen LogP contribution in [0.25, 0.3) is 0 Å². The number of nitrogens with one attached hydrogen (secondary N) is 1. The number of anilines is 1. The third-order valence-corrected chi connectivity index (χ3v) is 3.66. The summed E-state index contributed by atoms with van der Waals surface area (Å²) in [6.07, 6.45) is 0. The quantitative estimate of drug-likeness (QED) is 0.695. The van der Waals surface area contributed by atoms with Gasteiger partial charge in [-0.25, -0.2) is 0 Å². The van der Waals surface area contributed by atoms with E-state index in [9.17, 15) is 14.9 Å². The standard InChI is InChI=1S/C15H17N3O4/c1-9-7-12(10(2)17(9)3)15(19)16-13-8-11(18(20)21)5-6-14(13)22-4/h5-8H,1-4H3,(H,16,19). The van der Waals surface area contributed by atoms with Crippen molar-refractivity contribution in [3.05, 3.63) is 51.3 Å². The Balaban J connectivity index is 2.36. The minimum Gasteiger partial charge on any atom is -0.495 e. The van der Waals surface area contributed by atoms with E-state index in [0.29, 0.717) is 11.3 Å². The third-order valence-electron chi connectivity index (χ3n) is 3.66. The number of carbonyl (C=O) groups is 1. The first-order chi connectivity index (χ1) is 10.3. The molecule has 0 aliphatic rings. The van der Waals surface area contributed by atoms with Gasteiger partial charge in [0.25, 0.3) is 11.6 Å². The van der Waals surface area contributed by atoms with Crippen LogP contribution in [0.2, 0.25) is 0 Å². The molecule has 116 valence electrons. The van der Waals surface area contributed by atoms with Crippen molar-refractivity contribution in [2.45, 2.75) is 13.8 Å². The Morgan fingerprint density at radius 2 is 2.00 bits per heavy atom. The zero-order valence-corrected chi connectivity index (χ0v) is 12.8. The number of amides is 1. The average Bonchev–Trinajstić information content (AvgIpc) is 2.74. The Morgan fingerprint density at radius 1 is 1.32 bits per heavy atom. The van der Waals surface area contributed by atoms with E-state index in [1.54, 1.807) is 6.07 Å². The molecule has 0 fully saturated rings. The summed E-state index contributed by atoms with van der Waals surface area (Å²) in [5.74, 6) is 0.0317. The molecule has 0 spiro atoms. The number of nitro groups is 1. The predicted molar refractivity (Wildman–Crippen MR) is 82.5 cm³/mol. The summed E-state index contributed by atoms with van der Waals surface area (Å²) in [6.45, 7) is 3.74. The van der Waals surface area contributed by atoms with Gasteiger partial charge in [0.2, 0.25) is 0 Å². The van der Waals surface area contributed by atoms with E-state index in [4.69, 9.17) is 4.74 Å². The van der Waals surface area contributed by atoms with Crippen LogP contribution in [0.1, 0.15) is 21.7 Å². The molecule has 0 unspecified atom stereocenters. The summed E-state index contributed by atoms with van der Waals surface area (Å²) < 4.78 is 7.04. The van der Waals surface area contributed by atoms with Gasteiger partial charge in [-0.1, -0.05) is 0 Å². The van der Waals surface area contributed by atoms with Gasteiger partial charge in [0.15, 0.2) is 0 Å². The van der Waals surface area contributed by atoms with Crippen LogP contribution in [-0.2, 0) is 7.05 Å². The lowest BCUT2D eigenvalue weighted by Crippen LogP contribution is -2.13. The molecule has 22 heavy (non-hydrogen) atoms. The minimum atomic E-state index is -0.521. The first kappa shape index (κ1) is 15.6. The molecule has 0 radical (unpaired) electrons. The summed E-state index contributed by atoms with van der Waals surface area (Å²) in [5, 5.41) is 13.5. The van der Waals surface area contributed by atoms with Crippen molar-refractivity contribution in [2.24, 2.45) is 7.05 Å². The number of nitrogens with zero attached hydrogens (tertiary/aromatic N) is 2. The number of carbonyl (C=O) groups excluding carboxylic acids is 1. The van der Waals surface area contributed by atoms with Crippen LogP contribution in [0.15, 0.2) is 24.3 Å². The van der Waals surface area contributed by atoms with Gasteiger partial charge >= 0.3 is 0 Å². The van der Waals surface area contributed by atoms with E-state index in [1.165, 1.54) is 25.3 Å². The van der Waals surface area contributed by atoms with E-state index < -0.39 is 4.92 Å². The van der Waals surface area contributed by atoms with E-state index >= 15 is 0 Å². The Labute approximate surface area is 127 Å². The third kappa shape index (κ3) is 2.78. The molecular weight excluding hydrogens is 286 g/mol. The smallest absolute Gasteiger partial charge is 0.271 e. The second-order valence-corrected chi connectivity index (χ2v) is 4.94. The normalized spacial score (nSPS) is 10.4. The Bertz CT molecular complexity index is 749. The maximum absolute atomic E-state index is 12.4. The fourth-order valence-electron chi connectivity index (χ4n) is 2.18. The number of ether oxygens (including phenoxy) is 1. The zero-order chi connectivity index (χ0) is 16.4. The molecule has 1 amide bonds. The summed E-state index contributed by atoms with van der Waals surface area (Å²) >= 11 is 0. The van der Waals surface area contributed by atoms with Gasteiger partial charge in [-0.2, -0.15) is 0 Å². The monoisotopic (exact) mass is 303 g/mol. The number of hydrogen-bond acceptors (Lipinski definition) is 4. The van der Waals surface area contributed by atoms with Crippen LogP contribution in [0, 0.1) is 24.0 Å². The number of methoxy groups -OCH3 is 1. The van der Waals surface area contributed by atoms with Crippen LogP contribution >= 0.6 is 0 Å². The lowest BCUT2D eigenvalue weighted by atomic mass is 10.2. The Hall–Kier alpha value is -2.83. The number of hydrogen-bond donors (Lipinski definition) is 1. The van der Waals surface area contributed by atoms with Crippen molar-refractivity contribution >= 4 is 17.3 Å². The van der Waals surface area contributed by atoms with Gasteiger partial charge < -0.3 is 14.6 Å². The number of rotatable bonds is 4. The number of nitro benzene ring substituents is 1. The molecule has 7 nitrogen and oxygen atoms in total. The van der Waals surface area contributed by atoms with Gasteiger partial charge in [-0.3, -0.25) is 14.9 Å². The first-order valence-electron chi connectivity index (χ1n) is 6.62. The lowest BCUT2D eigenvalue weighted by Gasteiger charge is -2.10.